The first-order valence-corrected chi connectivity index (χ1v) is 12.9. The van der Waals surface area contributed by atoms with Crippen LogP contribution in [-0.2, 0) is 21.9 Å². The van der Waals surface area contributed by atoms with Crippen molar-refractivity contribution in [2.24, 2.45) is 0 Å². The zero-order valence-electron chi connectivity index (χ0n) is 18.5. The zero-order chi connectivity index (χ0) is 23.7. The fourth-order valence-electron chi connectivity index (χ4n) is 3.12. The molecule has 0 saturated heterocycles. The Morgan fingerprint density at radius 3 is 2.25 bits per heavy atom. The second kappa shape index (κ2) is 13.3. The molecule has 2 aromatic carbocycles. The van der Waals surface area contributed by atoms with Gasteiger partial charge in [0.05, 0.1) is 5.75 Å². The number of hydrogen-bond donors (Lipinski definition) is 1. The Balaban J connectivity index is 2.14. The van der Waals surface area contributed by atoms with Gasteiger partial charge in [-0.3, -0.25) is 9.59 Å². The summed E-state index contributed by atoms with van der Waals surface area (Å²) in [7, 11) is 0. The monoisotopic (exact) mass is 514 g/mol. The molecule has 0 fully saturated rings. The standard InChI is InChI=1S/C24H29Cl3N2O2S/c1-4-16(3)28-24(31)22(5-2)29(13-17-6-9-19(25)10-7-17)23(30)15-32-14-18-8-11-20(26)12-21(18)27/h6-12,16,22H,4-5,13-15H2,1-3H3,(H,28,31). The molecular formula is C24H29Cl3N2O2S. The van der Waals surface area contributed by atoms with Gasteiger partial charge in [-0.1, -0.05) is 66.8 Å². The topological polar surface area (TPSA) is 49.4 Å². The minimum atomic E-state index is -0.549. The third-order valence-electron chi connectivity index (χ3n) is 5.15. The average Bonchev–Trinajstić information content (AvgIpc) is 2.76. The third kappa shape index (κ3) is 8.18. The number of hydrogen-bond acceptors (Lipinski definition) is 3. The first-order valence-electron chi connectivity index (χ1n) is 10.6. The van der Waals surface area contributed by atoms with Crippen LogP contribution >= 0.6 is 46.6 Å². The molecule has 174 valence electrons. The number of carbonyl (C=O) groups is 2. The van der Waals surface area contributed by atoms with Crippen molar-refractivity contribution in [3.8, 4) is 0 Å². The maximum absolute atomic E-state index is 13.2. The fraction of sp³-hybridized carbons (Fsp3) is 0.417. The number of nitrogens with one attached hydrogen (secondary N) is 1. The molecule has 1 N–H and O–H groups in total. The maximum atomic E-state index is 13.2. The van der Waals surface area contributed by atoms with Crippen molar-refractivity contribution in [2.75, 3.05) is 5.75 Å². The molecule has 4 nitrogen and oxygen atoms in total. The number of thioether (sulfide) groups is 1. The van der Waals surface area contributed by atoms with E-state index in [4.69, 9.17) is 34.8 Å². The van der Waals surface area contributed by atoms with Crippen molar-refractivity contribution in [1.82, 2.24) is 10.2 Å². The van der Waals surface area contributed by atoms with Gasteiger partial charge in [0.15, 0.2) is 0 Å². The molecular weight excluding hydrogens is 487 g/mol. The first kappa shape index (κ1) is 26.8. The summed E-state index contributed by atoms with van der Waals surface area (Å²) in [4.78, 5) is 27.9. The summed E-state index contributed by atoms with van der Waals surface area (Å²) in [5.74, 6) is 0.586. The highest BCUT2D eigenvalue weighted by molar-refractivity contribution is 7.99. The molecule has 2 amide bonds. The molecule has 32 heavy (non-hydrogen) atoms. The minimum absolute atomic E-state index is 0.0467. The molecule has 2 rings (SSSR count). The second-order valence-electron chi connectivity index (χ2n) is 7.62. The van der Waals surface area contributed by atoms with Crippen LogP contribution in [-0.4, -0.2) is 34.6 Å². The number of amides is 2. The van der Waals surface area contributed by atoms with Crippen LogP contribution in [0.2, 0.25) is 15.1 Å². The molecule has 0 heterocycles. The first-order chi connectivity index (χ1) is 15.2. The van der Waals surface area contributed by atoms with Gasteiger partial charge in [0.25, 0.3) is 0 Å². The van der Waals surface area contributed by atoms with E-state index in [1.807, 2.05) is 39.0 Å². The van der Waals surface area contributed by atoms with Gasteiger partial charge in [-0.15, -0.1) is 11.8 Å². The van der Waals surface area contributed by atoms with E-state index in [-0.39, 0.29) is 23.6 Å². The van der Waals surface area contributed by atoms with E-state index in [1.165, 1.54) is 11.8 Å². The summed E-state index contributed by atoms with van der Waals surface area (Å²) in [6.07, 6.45) is 1.35. The van der Waals surface area contributed by atoms with Crippen molar-refractivity contribution in [3.63, 3.8) is 0 Å². The molecule has 0 aliphatic rings. The number of benzene rings is 2. The highest BCUT2D eigenvalue weighted by Crippen LogP contribution is 2.25. The van der Waals surface area contributed by atoms with Crippen LogP contribution in [0.25, 0.3) is 0 Å². The van der Waals surface area contributed by atoms with Crippen LogP contribution in [0.15, 0.2) is 42.5 Å². The van der Waals surface area contributed by atoms with Gasteiger partial charge in [-0.2, -0.15) is 0 Å². The molecule has 0 bridgehead atoms. The maximum Gasteiger partial charge on any atom is 0.243 e. The number of rotatable bonds is 11. The Hall–Kier alpha value is -1.40. The minimum Gasteiger partial charge on any atom is -0.352 e. The number of nitrogens with zero attached hydrogens (tertiary/aromatic N) is 1. The summed E-state index contributed by atoms with van der Waals surface area (Å²) in [6, 6.07) is 12.2. The van der Waals surface area contributed by atoms with Crippen molar-refractivity contribution in [3.05, 3.63) is 68.7 Å². The molecule has 0 saturated carbocycles. The van der Waals surface area contributed by atoms with Crippen LogP contribution < -0.4 is 5.32 Å². The lowest BCUT2D eigenvalue weighted by Gasteiger charge is -2.31. The largest absolute Gasteiger partial charge is 0.352 e. The summed E-state index contributed by atoms with van der Waals surface area (Å²) >= 11 is 19.7. The lowest BCUT2D eigenvalue weighted by molar-refractivity contribution is -0.139. The van der Waals surface area contributed by atoms with Gasteiger partial charge in [-0.05, 0) is 55.2 Å². The van der Waals surface area contributed by atoms with Gasteiger partial charge in [-0.25, -0.2) is 0 Å². The predicted octanol–water partition coefficient (Wildman–Crippen LogP) is 6.60. The van der Waals surface area contributed by atoms with Crippen molar-refractivity contribution >= 4 is 58.4 Å². The number of carbonyl (C=O) groups excluding carboxylic acids is 2. The highest BCUT2D eigenvalue weighted by Gasteiger charge is 2.29. The SMILES string of the molecule is CCC(C)NC(=O)C(CC)N(Cc1ccc(Cl)cc1)C(=O)CSCc1ccc(Cl)cc1Cl. The van der Waals surface area contributed by atoms with Gasteiger partial charge in [0, 0.05) is 33.4 Å². The molecule has 0 aliphatic heterocycles. The Bertz CT molecular complexity index is 909. The summed E-state index contributed by atoms with van der Waals surface area (Å²) in [6.45, 7) is 6.23. The molecule has 2 aromatic rings. The zero-order valence-corrected chi connectivity index (χ0v) is 21.6. The van der Waals surface area contributed by atoms with E-state index in [1.54, 1.807) is 29.2 Å². The summed E-state index contributed by atoms with van der Waals surface area (Å²) < 4.78 is 0. The molecule has 0 aliphatic carbocycles. The fourth-order valence-corrected chi connectivity index (χ4v) is 4.71. The molecule has 0 spiro atoms. The number of halogens is 3. The Morgan fingerprint density at radius 1 is 1.00 bits per heavy atom. The van der Waals surface area contributed by atoms with Gasteiger partial charge in [0.1, 0.15) is 6.04 Å². The van der Waals surface area contributed by atoms with Crippen molar-refractivity contribution in [2.45, 2.75) is 58.0 Å². The highest BCUT2D eigenvalue weighted by atomic mass is 35.5. The lowest BCUT2D eigenvalue weighted by Crippen LogP contribution is -2.51. The van der Waals surface area contributed by atoms with Gasteiger partial charge >= 0.3 is 0 Å². The molecule has 2 atom stereocenters. The van der Waals surface area contributed by atoms with Crippen molar-refractivity contribution < 1.29 is 9.59 Å². The van der Waals surface area contributed by atoms with E-state index in [2.05, 4.69) is 5.32 Å². The summed E-state index contributed by atoms with van der Waals surface area (Å²) in [5, 5.41) is 4.80. The molecule has 0 aromatic heterocycles. The second-order valence-corrected chi connectivity index (χ2v) is 9.88. The molecule has 8 heteroatoms. The average molecular weight is 516 g/mol. The van der Waals surface area contributed by atoms with E-state index in [0.29, 0.717) is 33.8 Å². The van der Waals surface area contributed by atoms with E-state index < -0.39 is 6.04 Å². The van der Waals surface area contributed by atoms with Crippen LogP contribution in [0.5, 0.6) is 0 Å². The van der Waals surface area contributed by atoms with Crippen LogP contribution in [0.1, 0.15) is 44.7 Å². The van der Waals surface area contributed by atoms with Crippen LogP contribution in [0.3, 0.4) is 0 Å². The smallest absolute Gasteiger partial charge is 0.243 e. The summed E-state index contributed by atoms with van der Waals surface area (Å²) in [5.41, 5.74) is 1.84. The Morgan fingerprint density at radius 2 is 1.66 bits per heavy atom. The van der Waals surface area contributed by atoms with Crippen molar-refractivity contribution in [1.29, 1.82) is 0 Å². The lowest BCUT2D eigenvalue weighted by atomic mass is 10.1. The third-order valence-corrected chi connectivity index (χ3v) is 6.96. The van der Waals surface area contributed by atoms with E-state index in [0.717, 1.165) is 17.5 Å². The van der Waals surface area contributed by atoms with Crippen LogP contribution in [0.4, 0.5) is 0 Å². The quantitative estimate of drug-likeness (QED) is 0.367. The van der Waals surface area contributed by atoms with Gasteiger partial charge in [0.2, 0.25) is 11.8 Å². The van der Waals surface area contributed by atoms with E-state index >= 15 is 0 Å². The van der Waals surface area contributed by atoms with Crippen LogP contribution in [0, 0.1) is 0 Å². The predicted molar refractivity (Wildman–Crippen MR) is 137 cm³/mol. The molecule has 2 unspecified atom stereocenters. The normalized spacial score (nSPS) is 12.8. The Labute approximate surface area is 210 Å². The van der Waals surface area contributed by atoms with Gasteiger partial charge < -0.3 is 10.2 Å². The molecule has 0 radical (unpaired) electrons. The van der Waals surface area contributed by atoms with E-state index in [9.17, 15) is 9.59 Å². The Kier molecular flexibility index (Phi) is 11.2.